The third-order valence-corrected chi connectivity index (χ3v) is 4.38. The molecule has 4 nitrogen and oxygen atoms in total. The van der Waals surface area contributed by atoms with Crippen LogP contribution >= 0.6 is 15.9 Å². The number of rotatable bonds is 1. The number of hydrogen-bond donors (Lipinski definition) is 1. The number of nitrogens with one attached hydrogen (secondary N) is 1. The monoisotopic (exact) mass is 347 g/mol. The van der Waals surface area contributed by atoms with Gasteiger partial charge in [0.1, 0.15) is 17.6 Å². The molecule has 1 aromatic heterocycles. The fraction of sp³-hybridized carbons (Fsp3) is 0.200. The van der Waals surface area contributed by atoms with Crippen molar-refractivity contribution in [3.8, 4) is 6.07 Å². The van der Waals surface area contributed by atoms with Crippen LogP contribution in [0.25, 0.3) is 0 Å². The normalized spacial score (nSPS) is 13.7. The summed E-state index contributed by atoms with van der Waals surface area (Å²) in [6.07, 6.45) is 2.11. The molecule has 1 amide bonds. The summed E-state index contributed by atoms with van der Waals surface area (Å²) >= 11 is 3.42. The van der Waals surface area contributed by atoms with E-state index in [9.17, 15) is 9.18 Å². The number of carbonyl (C=O) groups excluding carboxylic acids is 1. The number of H-pyrrole nitrogens is 1. The number of nitriles is 1. The first-order valence-electron chi connectivity index (χ1n) is 6.43. The number of fused-ring (bicyclic) bond motifs is 1. The standard InChI is InChI=1S/C15H11BrFN3O/c16-13-1-2-14(17)12-8-20(4-3-11(12)13)15(21)9-5-10(6-18)19-7-9/h1-2,5,7,19H,3-4,8H2. The van der Waals surface area contributed by atoms with Gasteiger partial charge in [0.15, 0.2) is 0 Å². The van der Waals surface area contributed by atoms with Crippen LogP contribution in [-0.4, -0.2) is 22.3 Å². The second kappa shape index (κ2) is 5.34. The zero-order chi connectivity index (χ0) is 15.0. The number of nitrogens with zero attached hydrogens (tertiary/aromatic N) is 2. The van der Waals surface area contributed by atoms with Crippen LogP contribution in [0.1, 0.15) is 27.2 Å². The van der Waals surface area contributed by atoms with Crippen molar-refractivity contribution in [1.82, 2.24) is 9.88 Å². The van der Waals surface area contributed by atoms with Crippen molar-refractivity contribution in [2.24, 2.45) is 0 Å². The zero-order valence-corrected chi connectivity index (χ0v) is 12.6. The number of hydrogen-bond acceptors (Lipinski definition) is 2. The summed E-state index contributed by atoms with van der Waals surface area (Å²) in [5.41, 5.74) is 2.24. The number of carbonyl (C=O) groups is 1. The molecule has 0 aliphatic carbocycles. The van der Waals surface area contributed by atoms with Crippen molar-refractivity contribution < 1.29 is 9.18 Å². The van der Waals surface area contributed by atoms with Gasteiger partial charge < -0.3 is 9.88 Å². The SMILES string of the molecule is N#Cc1cc(C(=O)N2CCc3c(Br)ccc(F)c3C2)c[nH]1. The predicted octanol–water partition coefficient (Wildman–Crippen LogP) is 2.99. The first-order valence-corrected chi connectivity index (χ1v) is 7.23. The van der Waals surface area contributed by atoms with E-state index in [2.05, 4.69) is 20.9 Å². The first kappa shape index (κ1) is 13.8. The number of aromatic nitrogens is 1. The largest absolute Gasteiger partial charge is 0.352 e. The van der Waals surface area contributed by atoms with E-state index >= 15 is 0 Å². The molecule has 0 bridgehead atoms. The summed E-state index contributed by atoms with van der Waals surface area (Å²) in [6.45, 7) is 0.771. The lowest BCUT2D eigenvalue weighted by molar-refractivity contribution is 0.0732. The van der Waals surface area contributed by atoms with Crippen molar-refractivity contribution >= 4 is 21.8 Å². The number of benzene rings is 1. The van der Waals surface area contributed by atoms with Gasteiger partial charge in [0.05, 0.1) is 5.56 Å². The molecule has 2 aromatic rings. The van der Waals surface area contributed by atoms with Gasteiger partial charge in [-0.3, -0.25) is 4.79 Å². The summed E-state index contributed by atoms with van der Waals surface area (Å²) in [5, 5.41) is 8.78. The van der Waals surface area contributed by atoms with Gasteiger partial charge in [-0.2, -0.15) is 5.26 Å². The fourth-order valence-electron chi connectivity index (χ4n) is 2.53. The average Bonchev–Trinajstić information content (AvgIpc) is 2.99. The molecular weight excluding hydrogens is 337 g/mol. The molecule has 1 aromatic carbocycles. The Kier molecular flexibility index (Phi) is 3.52. The van der Waals surface area contributed by atoms with Crippen molar-refractivity contribution in [2.45, 2.75) is 13.0 Å². The van der Waals surface area contributed by atoms with Gasteiger partial charge in [-0.1, -0.05) is 15.9 Å². The molecule has 0 spiro atoms. The quantitative estimate of drug-likeness (QED) is 0.861. The van der Waals surface area contributed by atoms with Gasteiger partial charge >= 0.3 is 0 Å². The maximum absolute atomic E-state index is 13.9. The van der Waals surface area contributed by atoms with Crippen molar-refractivity contribution in [3.63, 3.8) is 0 Å². The third-order valence-electron chi connectivity index (χ3n) is 3.64. The topological polar surface area (TPSA) is 59.9 Å². The molecule has 0 radical (unpaired) electrons. The van der Waals surface area contributed by atoms with Crippen LogP contribution in [0.4, 0.5) is 4.39 Å². The lowest BCUT2D eigenvalue weighted by Crippen LogP contribution is -2.36. The molecule has 2 heterocycles. The number of halogens is 2. The Morgan fingerprint density at radius 2 is 2.24 bits per heavy atom. The second-order valence-corrected chi connectivity index (χ2v) is 5.73. The molecule has 0 unspecified atom stereocenters. The van der Waals surface area contributed by atoms with E-state index in [1.807, 2.05) is 6.07 Å². The molecule has 6 heteroatoms. The zero-order valence-electron chi connectivity index (χ0n) is 11.0. The second-order valence-electron chi connectivity index (χ2n) is 4.88. The Labute approximate surface area is 129 Å². The lowest BCUT2D eigenvalue weighted by Gasteiger charge is -2.29. The van der Waals surface area contributed by atoms with Crippen molar-refractivity contribution in [3.05, 3.63) is 57.1 Å². The summed E-state index contributed by atoms with van der Waals surface area (Å²) < 4.78 is 14.8. The van der Waals surface area contributed by atoms with Crippen LogP contribution in [0, 0.1) is 17.1 Å². The minimum Gasteiger partial charge on any atom is -0.352 e. The van der Waals surface area contributed by atoms with Gasteiger partial charge in [0.2, 0.25) is 0 Å². The molecule has 0 fully saturated rings. The molecular formula is C15H11BrFN3O. The van der Waals surface area contributed by atoms with Crippen LogP contribution < -0.4 is 0 Å². The summed E-state index contributed by atoms with van der Waals surface area (Å²) in [5.74, 6) is -0.491. The van der Waals surface area contributed by atoms with E-state index in [0.717, 1.165) is 10.0 Å². The highest BCUT2D eigenvalue weighted by Crippen LogP contribution is 2.29. The van der Waals surface area contributed by atoms with Crippen molar-refractivity contribution in [1.29, 1.82) is 5.26 Å². The summed E-state index contributed by atoms with van der Waals surface area (Å²) in [6, 6.07) is 6.55. The van der Waals surface area contributed by atoms with Gasteiger partial charge in [0.25, 0.3) is 5.91 Å². The van der Waals surface area contributed by atoms with Crippen LogP contribution in [0.3, 0.4) is 0 Å². The maximum atomic E-state index is 13.9. The van der Waals surface area contributed by atoms with Crippen LogP contribution in [0.15, 0.2) is 28.9 Å². The number of aromatic amines is 1. The van der Waals surface area contributed by atoms with Crippen LogP contribution in [0.5, 0.6) is 0 Å². The Morgan fingerprint density at radius 1 is 1.43 bits per heavy atom. The fourth-order valence-corrected chi connectivity index (χ4v) is 3.10. The predicted molar refractivity (Wildman–Crippen MR) is 78.1 cm³/mol. The highest BCUT2D eigenvalue weighted by molar-refractivity contribution is 9.10. The van der Waals surface area contributed by atoms with Gasteiger partial charge in [0, 0.05) is 29.3 Å². The molecule has 21 heavy (non-hydrogen) atoms. The molecule has 0 atom stereocenters. The maximum Gasteiger partial charge on any atom is 0.255 e. The van der Waals surface area contributed by atoms with Crippen molar-refractivity contribution in [2.75, 3.05) is 6.54 Å². The first-order chi connectivity index (χ1) is 10.1. The summed E-state index contributed by atoms with van der Waals surface area (Å²) in [4.78, 5) is 16.7. The average molecular weight is 348 g/mol. The minimum absolute atomic E-state index is 0.197. The van der Waals surface area contributed by atoms with E-state index in [1.54, 1.807) is 11.0 Å². The highest BCUT2D eigenvalue weighted by atomic mass is 79.9. The Balaban J connectivity index is 1.88. The molecule has 0 saturated heterocycles. The summed E-state index contributed by atoms with van der Waals surface area (Å²) in [7, 11) is 0. The Hall–Kier alpha value is -2.13. The smallest absolute Gasteiger partial charge is 0.255 e. The minimum atomic E-state index is -0.294. The number of amides is 1. The lowest BCUT2D eigenvalue weighted by atomic mass is 9.99. The van der Waals surface area contributed by atoms with Gasteiger partial charge in [-0.25, -0.2) is 4.39 Å². The van der Waals surface area contributed by atoms with E-state index in [-0.39, 0.29) is 18.3 Å². The molecule has 106 valence electrons. The third kappa shape index (κ3) is 2.45. The molecule has 3 rings (SSSR count). The van der Waals surface area contributed by atoms with Gasteiger partial charge in [-0.15, -0.1) is 0 Å². The highest BCUT2D eigenvalue weighted by Gasteiger charge is 2.25. The van der Waals surface area contributed by atoms with E-state index < -0.39 is 0 Å². The van der Waals surface area contributed by atoms with E-state index in [1.165, 1.54) is 18.3 Å². The van der Waals surface area contributed by atoms with Gasteiger partial charge in [-0.05, 0) is 30.2 Å². The van der Waals surface area contributed by atoms with Crippen LogP contribution in [-0.2, 0) is 13.0 Å². The van der Waals surface area contributed by atoms with E-state index in [4.69, 9.17) is 5.26 Å². The molecule has 1 N–H and O–H groups in total. The van der Waals surface area contributed by atoms with E-state index in [0.29, 0.717) is 29.8 Å². The molecule has 0 saturated carbocycles. The Bertz CT molecular complexity index is 763. The molecule has 1 aliphatic heterocycles. The molecule has 1 aliphatic rings. The van der Waals surface area contributed by atoms with Crippen LogP contribution in [0.2, 0.25) is 0 Å². The Morgan fingerprint density at radius 3 is 2.95 bits per heavy atom.